The molecule has 0 bridgehead atoms. The molecule has 0 aliphatic heterocycles. The summed E-state index contributed by atoms with van der Waals surface area (Å²) < 4.78 is 35.2. The zero-order chi connectivity index (χ0) is 10.7. The molecular formula is C6H10F3NO3. The van der Waals surface area contributed by atoms with E-state index in [-0.39, 0.29) is 0 Å². The Labute approximate surface area is 72.4 Å². The van der Waals surface area contributed by atoms with E-state index in [1.165, 1.54) is 0 Å². The number of hydrogen-bond donors (Lipinski definition) is 3. The van der Waals surface area contributed by atoms with Crippen LogP contribution in [0.5, 0.6) is 0 Å². The zero-order valence-corrected chi connectivity index (χ0v) is 6.85. The monoisotopic (exact) mass is 201 g/mol. The number of alkyl halides is 3. The van der Waals surface area contributed by atoms with Gasteiger partial charge in [-0.1, -0.05) is 0 Å². The van der Waals surface area contributed by atoms with E-state index in [0.29, 0.717) is 0 Å². The van der Waals surface area contributed by atoms with Crippen molar-refractivity contribution in [3.05, 3.63) is 0 Å². The molecule has 0 spiro atoms. The quantitative estimate of drug-likeness (QED) is 0.636. The van der Waals surface area contributed by atoms with Gasteiger partial charge in [0, 0.05) is 6.54 Å². The standard InChI is InChI=1S/C6H10F3NO3/c1-5(13,2-6(7,8)9)3-10-4(11)12/h10,13H,2-3H2,1H3,(H,11,12). The van der Waals surface area contributed by atoms with Crippen molar-refractivity contribution in [2.24, 2.45) is 0 Å². The fraction of sp³-hybridized carbons (Fsp3) is 0.833. The Bertz CT molecular complexity index is 190. The van der Waals surface area contributed by atoms with Gasteiger partial charge in [-0.25, -0.2) is 4.79 Å². The van der Waals surface area contributed by atoms with Gasteiger partial charge in [0.15, 0.2) is 0 Å². The van der Waals surface area contributed by atoms with Crippen molar-refractivity contribution in [2.75, 3.05) is 6.54 Å². The van der Waals surface area contributed by atoms with Crippen LogP contribution in [0.15, 0.2) is 0 Å². The summed E-state index contributed by atoms with van der Waals surface area (Å²) in [5.41, 5.74) is -2.10. The summed E-state index contributed by atoms with van der Waals surface area (Å²) in [4.78, 5) is 9.91. The minimum absolute atomic E-state index is 0.651. The van der Waals surface area contributed by atoms with Crippen LogP contribution in [0.3, 0.4) is 0 Å². The van der Waals surface area contributed by atoms with Crippen LogP contribution in [0.4, 0.5) is 18.0 Å². The van der Waals surface area contributed by atoms with Crippen molar-refractivity contribution < 1.29 is 28.2 Å². The van der Waals surface area contributed by atoms with Gasteiger partial charge in [0.05, 0.1) is 12.0 Å². The van der Waals surface area contributed by atoms with E-state index in [0.717, 1.165) is 6.92 Å². The van der Waals surface area contributed by atoms with Crippen LogP contribution in [0.2, 0.25) is 0 Å². The van der Waals surface area contributed by atoms with Crippen molar-refractivity contribution in [1.82, 2.24) is 5.32 Å². The van der Waals surface area contributed by atoms with Crippen molar-refractivity contribution in [1.29, 1.82) is 0 Å². The fourth-order valence-corrected chi connectivity index (χ4v) is 0.760. The normalized spacial score (nSPS) is 16.4. The summed E-state index contributed by atoms with van der Waals surface area (Å²) in [7, 11) is 0. The Morgan fingerprint density at radius 2 is 1.92 bits per heavy atom. The van der Waals surface area contributed by atoms with E-state index in [4.69, 9.17) is 10.2 Å². The van der Waals surface area contributed by atoms with E-state index >= 15 is 0 Å². The maximum absolute atomic E-state index is 11.7. The molecule has 0 aromatic carbocycles. The third-order valence-electron chi connectivity index (χ3n) is 1.20. The van der Waals surface area contributed by atoms with Crippen LogP contribution < -0.4 is 5.32 Å². The topological polar surface area (TPSA) is 69.6 Å². The van der Waals surface area contributed by atoms with E-state index < -0.39 is 30.8 Å². The van der Waals surface area contributed by atoms with Gasteiger partial charge in [-0.2, -0.15) is 13.2 Å². The number of nitrogens with one attached hydrogen (secondary N) is 1. The summed E-state index contributed by atoms with van der Waals surface area (Å²) in [6.07, 6.45) is -7.42. The number of hydrogen-bond acceptors (Lipinski definition) is 2. The number of aliphatic hydroxyl groups is 1. The summed E-state index contributed by atoms with van der Waals surface area (Å²) in [6.45, 7) is 0.262. The van der Waals surface area contributed by atoms with Crippen LogP contribution in [0.25, 0.3) is 0 Å². The van der Waals surface area contributed by atoms with Crippen LogP contribution >= 0.6 is 0 Å². The number of carboxylic acid groups (broad SMARTS) is 1. The Morgan fingerprint density at radius 3 is 2.23 bits per heavy atom. The second-order valence-electron chi connectivity index (χ2n) is 2.95. The second kappa shape index (κ2) is 3.82. The van der Waals surface area contributed by atoms with Gasteiger partial charge >= 0.3 is 12.3 Å². The first-order valence-corrected chi connectivity index (χ1v) is 3.38. The first-order chi connectivity index (χ1) is 5.62. The number of carbonyl (C=O) groups is 1. The average Bonchev–Trinajstić information content (AvgIpc) is 1.78. The molecule has 1 atom stereocenters. The highest BCUT2D eigenvalue weighted by molar-refractivity contribution is 5.64. The molecular weight excluding hydrogens is 191 g/mol. The molecule has 0 rings (SSSR count). The van der Waals surface area contributed by atoms with Gasteiger partial charge in [0.25, 0.3) is 0 Å². The van der Waals surface area contributed by atoms with E-state index in [2.05, 4.69) is 0 Å². The summed E-state index contributed by atoms with van der Waals surface area (Å²) >= 11 is 0. The van der Waals surface area contributed by atoms with Crippen molar-refractivity contribution in [2.45, 2.75) is 25.1 Å². The lowest BCUT2D eigenvalue weighted by Crippen LogP contribution is -2.43. The summed E-state index contributed by atoms with van der Waals surface area (Å²) in [5.74, 6) is 0. The maximum atomic E-state index is 11.7. The van der Waals surface area contributed by atoms with Crippen LogP contribution in [-0.2, 0) is 0 Å². The number of halogens is 3. The molecule has 0 saturated heterocycles. The van der Waals surface area contributed by atoms with Gasteiger partial charge in [0.1, 0.15) is 0 Å². The molecule has 0 heterocycles. The van der Waals surface area contributed by atoms with E-state index in [9.17, 15) is 18.0 Å². The highest BCUT2D eigenvalue weighted by atomic mass is 19.4. The highest BCUT2D eigenvalue weighted by Crippen LogP contribution is 2.26. The van der Waals surface area contributed by atoms with Gasteiger partial charge in [-0.3, -0.25) is 0 Å². The maximum Gasteiger partial charge on any atom is 0.404 e. The predicted molar refractivity (Wildman–Crippen MR) is 37.3 cm³/mol. The molecule has 0 aromatic rings. The molecule has 0 saturated carbocycles. The second-order valence-corrected chi connectivity index (χ2v) is 2.95. The van der Waals surface area contributed by atoms with Gasteiger partial charge < -0.3 is 15.5 Å². The predicted octanol–water partition coefficient (Wildman–Crippen LogP) is 0.957. The SMILES string of the molecule is CC(O)(CNC(=O)O)CC(F)(F)F. The Morgan fingerprint density at radius 1 is 1.46 bits per heavy atom. The van der Waals surface area contributed by atoms with Crippen LogP contribution in [-0.4, -0.2) is 34.6 Å². The summed E-state index contributed by atoms with van der Waals surface area (Å²) in [5, 5.41) is 18.8. The Hall–Kier alpha value is -0.980. The molecule has 0 aromatic heterocycles. The van der Waals surface area contributed by atoms with Crippen molar-refractivity contribution in [3.8, 4) is 0 Å². The molecule has 4 nitrogen and oxygen atoms in total. The molecule has 0 fully saturated rings. The zero-order valence-electron chi connectivity index (χ0n) is 6.85. The lowest BCUT2D eigenvalue weighted by atomic mass is 10.0. The van der Waals surface area contributed by atoms with E-state index in [1.54, 1.807) is 5.32 Å². The smallest absolute Gasteiger partial charge is 0.404 e. The first-order valence-electron chi connectivity index (χ1n) is 3.38. The number of amides is 1. The molecule has 0 aliphatic rings. The minimum atomic E-state index is -4.51. The minimum Gasteiger partial charge on any atom is -0.465 e. The van der Waals surface area contributed by atoms with Crippen molar-refractivity contribution >= 4 is 6.09 Å². The highest BCUT2D eigenvalue weighted by Gasteiger charge is 2.38. The lowest BCUT2D eigenvalue weighted by Gasteiger charge is -2.23. The van der Waals surface area contributed by atoms with Gasteiger partial charge in [-0.15, -0.1) is 0 Å². The third kappa shape index (κ3) is 7.38. The molecule has 1 unspecified atom stereocenters. The number of rotatable bonds is 3. The Balaban J connectivity index is 4.01. The third-order valence-corrected chi connectivity index (χ3v) is 1.20. The molecule has 78 valence electrons. The summed E-state index contributed by atoms with van der Waals surface area (Å²) in [6, 6.07) is 0. The molecule has 0 aliphatic carbocycles. The molecule has 3 N–H and O–H groups in total. The fourth-order valence-electron chi connectivity index (χ4n) is 0.760. The Kier molecular flexibility index (Phi) is 3.53. The van der Waals surface area contributed by atoms with E-state index in [1.807, 2.05) is 0 Å². The van der Waals surface area contributed by atoms with Crippen LogP contribution in [0, 0.1) is 0 Å². The van der Waals surface area contributed by atoms with Gasteiger partial charge in [0.2, 0.25) is 0 Å². The average molecular weight is 201 g/mol. The van der Waals surface area contributed by atoms with Crippen molar-refractivity contribution in [3.63, 3.8) is 0 Å². The molecule has 13 heavy (non-hydrogen) atoms. The lowest BCUT2D eigenvalue weighted by molar-refractivity contribution is -0.171. The first kappa shape index (κ1) is 12.0. The molecule has 0 radical (unpaired) electrons. The van der Waals surface area contributed by atoms with Gasteiger partial charge in [-0.05, 0) is 6.92 Å². The molecule has 1 amide bonds. The molecule has 7 heteroatoms. The van der Waals surface area contributed by atoms with Crippen LogP contribution in [0.1, 0.15) is 13.3 Å². The largest absolute Gasteiger partial charge is 0.465 e.